The van der Waals surface area contributed by atoms with Crippen LogP contribution in [0.3, 0.4) is 0 Å². The molecule has 11 heavy (non-hydrogen) atoms. The second kappa shape index (κ2) is 2.67. The standard InChI is InChI=1S/C8H13ClO2/c1-4-5-6(9)7(10)11-8(5,2)3/h5-6H,4H2,1-3H3. The van der Waals surface area contributed by atoms with E-state index in [4.69, 9.17) is 16.3 Å². The summed E-state index contributed by atoms with van der Waals surface area (Å²) in [7, 11) is 0. The van der Waals surface area contributed by atoms with E-state index in [1.54, 1.807) is 0 Å². The van der Waals surface area contributed by atoms with Crippen LogP contribution in [0.4, 0.5) is 0 Å². The Labute approximate surface area is 71.9 Å². The smallest absolute Gasteiger partial charge is 0.325 e. The zero-order valence-corrected chi connectivity index (χ0v) is 7.81. The van der Waals surface area contributed by atoms with Gasteiger partial charge in [-0.05, 0) is 20.3 Å². The van der Waals surface area contributed by atoms with Crippen LogP contribution in [-0.4, -0.2) is 16.9 Å². The third kappa shape index (κ3) is 1.36. The summed E-state index contributed by atoms with van der Waals surface area (Å²) in [5, 5.41) is -0.449. The molecule has 0 bridgehead atoms. The third-order valence-electron chi connectivity index (χ3n) is 2.27. The van der Waals surface area contributed by atoms with Crippen molar-refractivity contribution in [2.24, 2.45) is 5.92 Å². The second-order valence-corrected chi connectivity index (χ2v) is 3.91. The van der Waals surface area contributed by atoms with Crippen LogP contribution in [0, 0.1) is 5.92 Å². The van der Waals surface area contributed by atoms with E-state index in [0.29, 0.717) is 0 Å². The van der Waals surface area contributed by atoms with Crippen molar-refractivity contribution in [2.75, 3.05) is 0 Å². The summed E-state index contributed by atoms with van der Waals surface area (Å²) in [6.07, 6.45) is 0.882. The van der Waals surface area contributed by atoms with Crippen molar-refractivity contribution < 1.29 is 9.53 Å². The van der Waals surface area contributed by atoms with E-state index in [0.717, 1.165) is 6.42 Å². The fourth-order valence-corrected chi connectivity index (χ4v) is 2.13. The molecule has 2 atom stereocenters. The van der Waals surface area contributed by atoms with E-state index >= 15 is 0 Å². The Morgan fingerprint density at radius 3 is 2.36 bits per heavy atom. The maximum Gasteiger partial charge on any atom is 0.325 e. The zero-order valence-electron chi connectivity index (χ0n) is 7.06. The molecule has 3 heteroatoms. The quantitative estimate of drug-likeness (QED) is 0.451. The van der Waals surface area contributed by atoms with E-state index in [1.807, 2.05) is 20.8 Å². The lowest BCUT2D eigenvalue weighted by Crippen LogP contribution is -2.29. The first-order chi connectivity index (χ1) is 4.99. The summed E-state index contributed by atoms with van der Waals surface area (Å²) < 4.78 is 5.09. The number of esters is 1. The van der Waals surface area contributed by atoms with E-state index in [1.165, 1.54) is 0 Å². The van der Waals surface area contributed by atoms with Crippen molar-refractivity contribution in [1.29, 1.82) is 0 Å². The molecular formula is C8H13ClO2. The van der Waals surface area contributed by atoms with Crippen LogP contribution >= 0.6 is 11.6 Å². The Bertz CT molecular complexity index is 177. The Morgan fingerprint density at radius 1 is 1.64 bits per heavy atom. The summed E-state index contributed by atoms with van der Waals surface area (Å²) in [6.45, 7) is 5.83. The maximum atomic E-state index is 11.0. The van der Waals surface area contributed by atoms with Crippen LogP contribution in [0.1, 0.15) is 27.2 Å². The molecule has 1 saturated heterocycles. The predicted molar refractivity (Wildman–Crippen MR) is 43.6 cm³/mol. The Balaban J connectivity index is 2.81. The lowest BCUT2D eigenvalue weighted by atomic mass is 9.88. The van der Waals surface area contributed by atoms with Gasteiger partial charge in [-0.25, -0.2) is 0 Å². The highest BCUT2D eigenvalue weighted by molar-refractivity contribution is 6.30. The lowest BCUT2D eigenvalue weighted by molar-refractivity contribution is -0.146. The first-order valence-corrected chi connectivity index (χ1v) is 4.29. The number of alkyl halides is 1. The van der Waals surface area contributed by atoms with Crippen molar-refractivity contribution in [2.45, 2.75) is 38.2 Å². The number of carbonyl (C=O) groups excluding carboxylic acids is 1. The number of hydrogen-bond donors (Lipinski definition) is 0. The van der Waals surface area contributed by atoms with Gasteiger partial charge < -0.3 is 4.74 Å². The summed E-state index contributed by atoms with van der Waals surface area (Å²) in [4.78, 5) is 11.0. The zero-order chi connectivity index (χ0) is 8.65. The summed E-state index contributed by atoms with van der Waals surface area (Å²) in [5.41, 5.74) is -0.377. The minimum Gasteiger partial charge on any atom is -0.458 e. The highest BCUT2D eigenvalue weighted by atomic mass is 35.5. The predicted octanol–water partition coefficient (Wildman–Crippen LogP) is 1.96. The van der Waals surface area contributed by atoms with Crippen LogP contribution in [0.5, 0.6) is 0 Å². The maximum absolute atomic E-state index is 11.0. The van der Waals surface area contributed by atoms with Crippen molar-refractivity contribution in [3.63, 3.8) is 0 Å². The molecular weight excluding hydrogens is 164 g/mol. The number of cyclic esters (lactones) is 1. The fraction of sp³-hybridized carbons (Fsp3) is 0.875. The van der Waals surface area contributed by atoms with Gasteiger partial charge in [0.15, 0.2) is 0 Å². The van der Waals surface area contributed by atoms with Crippen LogP contribution < -0.4 is 0 Å². The van der Waals surface area contributed by atoms with Gasteiger partial charge in [0.05, 0.1) is 0 Å². The number of halogens is 1. The van der Waals surface area contributed by atoms with Gasteiger partial charge in [0.1, 0.15) is 11.0 Å². The average molecular weight is 177 g/mol. The molecule has 2 nitrogen and oxygen atoms in total. The number of carbonyl (C=O) groups is 1. The van der Waals surface area contributed by atoms with Gasteiger partial charge in [-0.1, -0.05) is 6.92 Å². The van der Waals surface area contributed by atoms with Crippen molar-refractivity contribution in [3.05, 3.63) is 0 Å². The average Bonchev–Trinajstić information content (AvgIpc) is 2.03. The lowest BCUT2D eigenvalue weighted by Gasteiger charge is -2.23. The Morgan fingerprint density at radius 2 is 2.18 bits per heavy atom. The normalized spacial score (nSPS) is 35.5. The first-order valence-electron chi connectivity index (χ1n) is 3.86. The van der Waals surface area contributed by atoms with E-state index in [2.05, 4.69) is 0 Å². The minimum atomic E-state index is -0.449. The molecule has 64 valence electrons. The number of ether oxygens (including phenoxy) is 1. The summed E-state index contributed by atoms with van der Waals surface area (Å²) in [5.74, 6) is -0.125. The highest BCUT2D eigenvalue weighted by Gasteiger charge is 2.47. The number of hydrogen-bond acceptors (Lipinski definition) is 2. The van der Waals surface area contributed by atoms with E-state index < -0.39 is 5.38 Å². The van der Waals surface area contributed by atoms with Gasteiger partial charge >= 0.3 is 5.97 Å². The molecule has 0 aromatic carbocycles. The minimum absolute atomic E-state index is 0.150. The molecule has 0 aromatic heterocycles. The van der Waals surface area contributed by atoms with Crippen molar-refractivity contribution in [3.8, 4) is 0 Å². The molecule has 1 rings (SSSR count). The topological polar surface area (TPSA) is 26.3 Å². The van der Waals surface area contributed by atoms with Gasteiger partial charge in [-0.2, -0.15) is 0 Å². The molecule has 1 heterocycles. The highest BCUT2D eigenvalue weighted by Crippen LogP contribution is 2.37. The SMILES string of the molecule is CCC1C(Cl)C(=O)OC1(C)C. The molecule has 1 aliphatic heterocycles. The Hall–Kier alpha value is -0.240. The second-order valence-electron chi connectivity index (χ2n) is 3.44. The monoisotopic (exact) mass is 176 g/mol. The van der Waals surface area contributed by atoms with Crippen LogP contribution in [0.25, 0.3) is 0 Å². The number of rotatable bonds is 1. The summed E-state index contributed by atoms with van der Waals surface area (Å²) in [6, 6.07) is 0. The van der Waals surface area contributed by atoms with Gasteiger partial charge in [0.25, 0.3) is 0 Å². The van der Waals surface area contributed by atoms with E-state index in [9.17, 15) is 4.79 Å². The molecule has 0 aliphatic carbocycles. The molecule has 1 aliphatic rings. The van der Waals surface area contributed by atoms with Crippen LogP contribution in [-0.2, 0) is 9.53 Å². The van der Waals surface area contributed by atoms with E-state index in [-0.39, 0.29) is 17.5 Å². The molecule has 0 aromatic rings. The summed E-state index contributed by atoms with van der Waals surface area (Å²) >= 11 is 5.84. The van der Waals surface area contributed by atoms with Crippen LogP contribution in [0.2, 0.25) is 0 Å². The molecule has 0 spiro atoms. The third-order valence-corrected chi connectivity index (χ3v) is 2.76. The van der Waals surface area contributed by atoms with Gasteiger partial charge in [0.2, 0.25) is 0 Å². The van der Waals surface area contributed by atoms with Crippen LogP contribution in [0.15, 0.2) is 0 Å². The largest absolute Gasteiger partial charge is 0.458 e. The van der Waals surface area contributed by atoms with Gasteiger partial charge in [-0.15, -0.1) is 11.6 Å². The Kier molecular flexibility index (Phi) is 2.15. The molecule has 1 fully saturated rings. The van der Waals surface area contributed by atoms with Crippen molar-refractivity contribution in [1.82, 2.24) is 0 Å². The molecule has 0 N–H and O–H groups in total. The molecule has 0 saturated carbocycles. The van der Waals surface area contributed by atoms with Crippen molar-refractivity contribution >= 4 is 17.6 Å². The molecule has 0 radical (unpaired) electrons. The van der Waals surface area contributed by atoms with Gasteiger partial charge in [0, 0.05) is 5.92 Å². The molecule has 0 amide bonds. The fourth-order valence-electron chi connectivity index (χ4n) is 1.61. The van der Waals surface area contributed by atoms with Gasteiger partial charge in [-0.3, -0.25) is 4.79 Å². The molecule has 2 unspecified atom stereocenters. The first kappa shape index (κ1) is 8.85.